The van der Waals surface area contributed by atoms with Crippen molar-refractivity contribution in [3.05, 3.63) is 29.6 Å². The molecule has 0 bridgehead atoms. The first-order valence-electron chi connectivity index (χ1n) is 8.09. The Balaban J connectivity index is 1.72. The fraction of sp³-hybridized carbons (Fsp3) is 0.706. The summed E-state index contributed by atoms with van der Waals surface area (Å²) in [4.78, 5) is 7.22. The van der Waals surface area contributed by atoms with E-state index in [0.29, 0.717) is 12.0 Å². The number of pyridine rings is 1. The van der Waals surface area contributed by atoms with Crippen LogP contribution in [-0.2, 0) is 6.54 Å². The van der Waals surface area contributed by atoms with E-state index in [0.717, 1.165) is 25.2 Å². The molecule has 1 saturated heterocycles. The first-order valence-corrected chi connectivity index (χ1v) is 8.09. The van der Waals surface area contributed by atoms with Crippen molar-refractivity contribution < 1.29 is 5.11 Å². The molecule has 2 aliphatic rings. The number of piperidine rings is 1. The molecule has 1 N–H and O–H groups in total. The van der Waals surface area contributed by atoms with Crippen LogP contribution in [0.5, 0.6) is 0 Å². The quantitative estimate of drug-likeness (QED) is 0.920. The number of aliphatic hydroxyl groups excluding tert-OH is 1. The zero-order valence-electron chi connectivity index (χ0n) is 12.5. The summed E-state index contributed by atoms with van der Waals surface area (Å²) in [7, 11) is 0. The number of aromatic nitrogens is 1. The van der Waals surface area contributed by atoms with Gasteiger partial charge in [0.15, 0.2) is 0 Å². The zero-order valence-corrected chi connectivity index (χ0v) is 12.5. The molecule has 1 aliphatic carbocycles. The maximum atomic E-state index is 10.2. The average molecular weight is 274 g/mol. The summed E-state index contributed by atoms with van der Waals surface area (Å²) in [5.41, 5.74) is 2.27. The van der Waals surface area contributed by atoms with Gasteiger partial charge in [-0.25, -0.2) is 0 Å². The van der Waals surface area contributed by atoms with Gasteiger partial charge in [0.05, 0.1) is 11.8 Å². The average Bonchev–Trinajstić information content (AvgIpc) is 2.86. The number of hydrogen-bond donors (Lipinski definition) is 1. The van der Waals surface area contributed by atoms with Gasteiger partial charge in [0.1, 0.15) is 0 Å². The van der Waals surface area contributed by atoms with E-state index in [-0.39, 0.29) is 6.10 Å². The number of rotatable bonds is 3. The van der Waals surface area contributed by atoms with Crippen LogP contribution in [0.25, 0.3) is 0 Å². The van der Waals surface area contributed by atoms with Gasteiger partial charge in [0.2, 0.25) is 0 Å². The van der Waals surface area contributed by atoms with Gasteiger partial charge in [0.25, 0.3) is 0 Å². The predicted molar refractivity (Wildman–Crippen MR) is 80.4 cm³/mol. The van der Waals surface area contributed by atoms with Crippen LogP contribution in [0.2, 0.25) is 0 Å². The lowest BCUT2D eigenvalue weighted by Crippen LogP contribution is -2.45. The third-order valence-corrected chi connectivity index (χ3v) is 5.00. The van der Waals surface area contributed by atoms with Crippen LogP contribution in [0.1, 0.15) is 49.9 Å². The van der Waals surface area contributed by atoms with Crippen molar-refractivity contribution in [3.63, 3.8) is 0 Å². The second-order valence-electron chi connectivity index (χ2n) is 6.47. The Morgan fingerprint density at radius 2 is 2.10 bits per heavy atom. The second kappa shape index (κ2) is 6.23. The summed E-state index contributed by atoms with van der Waals surface area (Å²) >= 11 is 0. The summed E-state index contributed by atoms with van der Waals surface area (Å²) in [6.07, 6.45) is 7.15. The standard InChI is InChI=1S/C17H26N2O/c1-13-6-4-7-14(18-13)12-19-11-3-2-9-16(19)15-8-5-10-17(15)20/h4,6-7,15-17,20H,2-3,5,8-12H2,1H3. The molecule has 3 unspecified atom stereocenters. The molecule has 1 aromatic rings. The third-order valence-electron chi connectivity index (χ3n) is 5.00. The van der Waals surface area contributed by atoms with E-state index in [1.54, 1.807) is 0 Å². The topological polar surface area (TPSA) is 36.4 Å². The predicted octanol–water partition coefficient (Wildman–Crippen LogP) is 2.91. The molecule has 1 aliphatic heterocycles. The van der Waals surface area contributed by atoms with Gasteiger partial charge < -0.3 is 5.11 Å². The lowest BCUT2D eigenvalue weighted by molar-refractivity contribution is 0.0306. The Morgan fingerprint density at radius 3 is 2.85 bits per heavy atom. The zero-order chi connectivity index (χ0) is 13.9. The molecule has 0 aromatic carbocycles. The monoisotopic (exact) mass is 274 g/mol. The van der Waals surface area contributed by atoms with Crippen LogP contribution in [0.3, 0.4) is 0 Å². The van der Waals surface area contributed by atoms with Crippen LogP contribution in [0.15, 0.2) is 18.2 Å². The van der Waals surface area contributed by atoms with E-state index in [9.17, 15) is 5.11 Å². The lowest BCUT2D eigenvalue weighted by atomic mass is 9.87. The van der Waals surface area contributed by atoms with E-state index in [2.05, 4.69) is 35.0 Å². The molecular weight excluding hydrogens is 248 g/mol. The molecule has 1 aromatic heterocycles. The molecule has 3 heteroatoms. The van der Waals surface area contributed by atoms with Crippen LogP contribution >= 0.6 is 0 Å². The Kier molecular flexibility index (Phi) is 4.37. The van der Waals surface area contributed by atoms with Gasteiger partial charge in [-0.3, -0.25) is 9.88 Å². The van der Waals surface area contributed by atoms with Crippen molar-refractivity contribution in [3.8, 4) is 0 Å². The van der Waals surface area contributed by atoms with Gasteiger partial charge in [-0.1, -0.05) is 18.9 Å². The molecule has 0 spiro atoms. The number of hydrogen-bond acceptors (Lipinski definition) is 3. The highest BCUT2D eigenvalue weighted by Gasteiger charge is 2.36. The fourth-order valence-electron chi connectivity index (χ4n) is 4.01. The van der Waals surface area contributed by atoms with Crippen molar-refractivity contribution in [2.75, 3.05) is 6.54 Å². The summed E-state index contributed by atoms with van der Waals surface area (Å²) < 4.78 is 0. The van der Waals surface area contributed by atoms with Gasteiger partial charge in [-0.2, -0.15) is 0 Å². The molecule has 3 rings (SSSR count). The summed E-state index contributed by atoms with van der Waals surface area (Å²) in [6, 6.07) is 6.84. The SMILES string of the molecule is Cc1cccc(CN2CCCCC2C2CCCC2O)n1. The number of aryl methyl sites for hydroxylation is 1. The van der Waals surface area contributed by atoms with Crippen molar-refractivity contribution in [2.45, 2.75) is 64.1 Å². The minimum atomic E-state index is -0.0777. The van der Waals surface area contributed by atoms with Gasteiger partial charge in [-0.15, -0.1) is 0 Å². The van der Waals surface area contributed by atoms with Crippen molar-refractivity contribution in [2.24, 2.45) is 5.92 Å². The minimum Gasteiger partial charge on any atom is -0.393 e. The van der Waals surface area contributed by atoms with E-state index >= 15 is 0 Å². The molecule has 0 radical (unpaired) electrons. The van der Waals surface area contributed by atoms with Gasteiger partial charge >= 0.3 is 0 Å². The smallest absolute Gasteiger partial charge is 0.0583 e. The molecule has 0 amide bonds. The van der Waals surface area contributed by atoms with E-state index in [4.69, 9.17) is 0 Å². The first-order chi connectivity index (χ1) is 9.74. The Labute approximate surface area is 122 Å². The molecule has 20 heavy (non-hydrogen) atoms. The molecular formula is C17H26N2O. The lowest BCUT2D eigenvalue weighted by Gasteiger charge is -2.40. The Morgan fingerprint density at radius 1 is 1.20 bits per heavy atom. The highest BCUT2D eigenvalue weighted by atomic mass is 16.3. The third kappa shape index (κ3) is 3.04. The minimum absolute atomic E-state index is 0.0777. The van der Waals surface area contributed by atoms with Crippen LogP contribution in [0, 0.1) is 12.8 Å². The highest BCUT2D eigenvalue weighted by molar-refractivity contribution is 5.10. The van der Waals surface area contributed by atoms with E-state index in [1.165, 1.54) is 37.8 Å². The molecule has 1 saturated carbocycles. The summed E-state index contributed by atoms with van der Waals surface area (Å²) in [6.45, 7) is 4.15. The van der Waals surface area contributed by atoms with Crippen LogP contribution in [0.4, 0.5) is 0 Å². The normalized spacial score (nSPS) is 31.6. The molecule has 110 valence electrons. The highest BCUT2D eigenvalue weighted by Crippen LogP contribution is 2.35. The molecule has 3 nitrogen and oxygen atoms in total. The molecule has 3 atom stereocenters. The van der Waals surface area contributed by atoms with Crippen molar-refractivity contribution in [1.82, 2.24) is 9.88 Å². The maximum absolute atomic E-state index is 10.2. The maximum Gasteiger partial charge on any atom is 0.0583 e. The number of aliphatic hydroxyl groups is 1. The Bertz CT molecular complexity index is 448. The largest absolute Gasteiger partial charge is 0.393 e. The van der Waals surface area contributed by atoms with Crippen molar-refractivity contribution in [1.29, 1.82) is 0 Å². The fourth-order valence-corrected chi connectivity index (χ4v) is 4.01. The first kappa shape index (κ1) is 14.0. The number of nitrogens with zero attached hydrogens (tertiary/aromatic N) is 2. The Hall–Kier alpha value is -0.930. The molecule has 2 fully saturated rings. The van der Waals surface area contributed by atoms with Crippen LogP contribution < -0.4 is 0 Å². The second-order valence-corrected chi connectivity index (χ2v) is 6.47. The van der Waals surface area contributed by atoms with Gasteiger partial charge in [0, 0.05) is 24.2 Å². The van der Waals surface area contributed by atoms with E-state index < -0.39 is 0 Å². The van der Waals surface area contributed by atoms with Crippen LogP contribution in [-0.4, -0.2) is 33.7 Å². The van der Waals surface area contributed by atoms with Crippen molar-refractivity contribution >= 4 is 0 Å². The number of likely N-dealkylation sites (tertiary alicyclic amines) is 1. The molecule has 2 heterocycles. The van der Waals surface area contributed by atoms with Gasteiger partial charge in [-0.05, 0) is 51.3 Å². The summed E-state index contributed by atoms with van der Waals surface area (Å²) in [5, 5.41) is 10.2. The summed E-state index contributed by atoms with van der Waals surface area (Å²) in [5.74, 6) is 0.486. The van der Waals surface area contributed by atoms with E-state index in [1.807, 2.05) is 0 Å².